The summed E-state index contributed by atoms with van der Waals surface area (Å²) in [6.45, 7) is 1.46. The highest BCUT2D eigenvalue weighted by Gasteiger charge is 2.16. The van der Waals surface area contributed by atoms with Crippen molar-refractivity contribution in [3.63, 3.8) is 0 Å². The summed E-state index contributed by atoms with van der Waals surface area (Å²) in [4.78, 5) is 28.3. The van der Waals surface area contributed by atoms with E-state index in [1.54, 1.807) is 28.6 Å². The number of hydrogen-bond donors (Lipinski definition) is 1. The highest BCUT2D eigenvalue weighted by Crippen LogP contribution is 2.16. The second-order valence-corrected chi connectivity index (χ2v) is 4.95. The third-order valence-electron chi connectivity index (χ3n) is 3.36. The van der Waals surface area contributed by atoms with Gasteiger partial charge in [0.25, 0.3) is 0 Å². The normalized spacial score (nSPS) is 10.8. The van der Waals surface area contributed by atoms with Gasteiger partial charge in [-0.3, -0.25) is 14.3 Å². The Labute approximate surface area is 126 Å². The summed E-state index contributed by atoms with van der Waals surface area (Å²) in [6.07, 6.45) is 1.60. The molecular weight excluding hydrogens is 282 g/mol. The van der Waals surface area contributed by atoms with Gasteiger partial charge in [0.2, 0.25) is 5.91 Å². The fraction of sp³-hybridized carbons (Fsp3) is 0.200. The average molecular weight is 297 g/mol. The summed E-state index contributed by atoms with van der Waals surface area (Å²) in [6, 6.07) is 9.06. The molecule has 0 aliphatic carbocycles. The zero-order valence-electron chi connectivity index (χ0n) is 12.3. The van der Waals surface area contributed by atoms with Crippen LogP contribution in [0.5, 0.6) is 0 Å². The van der Waals surface area contributed by atoms with Crippen molar-refractivity contribution >= 4 is 28.5 Å². The molecule has 0 fully saturated rings. The zero-order chi connectivity index (χ0) is 15.7. The number of nitrogens with zero attached hydrogens (tertiary/aromatic N) is 4. The monoisotopic (exact) mass is 297 g/mol. The number of imidazole rings is 1. The maximum atomic E-state index is 12.2. The van der Waals surface area contributed by atoms with Gasteiger partial charge in [0.15, 0.2) is 11.6 Å². The first-order chi connectivity index (χ1) is 10.6. The van der Waals surface area contributed by atoms with Crippen LogP contribution < -0.4 is 5.32 Å². The first-order valence-electron chi connectivity index (χ1n) is 6.80. The van der Waals surface area contributed by atoms with E-state index in [1.807, 2.05) is 24.3 Å². The van der Waals surface area contributed by atoms with Crippen molar-refractivity contribution in [3.05, 3.63) is 42.4 Å². The van der Waals surface area contributed by atoms with Crippen molar-refractivity contribution in [1.29, 1.82) is 0 Å². The molecule has 1 aromatic carbocycles. The van der Waals surface area contributed by atoms with Gasteiger partial charge >= 0.3 is 0 Å². The van der Waals surface area contributed by atoms with Gasteiger partial charge in [0.05, 0.1) is 17.2 Å². The van der Waals surface area contributed by atoms with Gasteiger partial charge in [0, 0.05) is 20.0 Å². The van der Waals surface area contributed by atoms with Crippen LogP contribution in [0.4, 0.5) is 5.82 Å². The number of ketones is 1. The highest BCUT2D eigenvalue weighted by molar-refractivity contribution is 5.97. The summed E-state index contributed by atoms with van der Waals surface area (Å²) in [5, 5.41) is 6.75. The predicted octanol–water partition coefficient (Wildman–Crippen LogP) is 1.61. The third kappa shape index (κ3) is 2.48. The number of benzene rings is 1. The van der Waals surface area contributed by atoms with Gasteiger partial charge in [0.1, 0.15) is 12.4 Å². The molecule has 0 radical (unpaired) electrons. The Balaban J connectivity index is 1.92. The fourth-order valence-electron chi connectivity index (χ4n) is 2.33. The second-order valence-electron chi connectivity index (χ2n) is 4.95. The van der Waals surface area contributed by atoms with Crippen LogP contribution in [0.2, 0.25) is 0 Å². The van der Waals surface area contributed by atoms with Gasteiger partial charge in [-0.2, -0.15) is 5.10 Å². The molecule has 0 saturated heterocycles. The lowest BCUT2D eigenvalue weighted by Crippen LogP contribution is -2.22. The SMILES string of the molecule is CC(=O)c1nc2ccccc2n1CC(=O)Nc1ccnn1C. The van der Waals surface area contributed by atoms with E-state index in [0.717, 1.165) is 5.52 Å². The molecule has 22 heavy (non-hydrogen) atoms. The van der Waals surface area contributed by atoms with Crippen LogP contribution in [0.3, 0.4) is 0 Å². The molecule has 7 nitrogen and oxygen atoms in total. The van der Waals surface area contributed by atoms with Crippen LogP contribution in [0.15, 0.2) is 36.5 Å². The molecule has 0 aliphatic heterocycles. The Kier molecular flexibility index (Phi) is 3.46. The summed E-state index contributed by atoms with van der Waals surface area (Å²) in [7, 11) is 1.74. The molecule has 0 bridgehead atoms. The molecule has 3 aromatic rings. The smallest absolute Gasteiger partial charge is 0.245 e. The van der Waals surface area contributed by atoms with E-state index < -0.39 is 0 Å². The number of nitrogens with one attached hydrogen (secondary N) is 1. The van der Waals surface area contributed by atoms with Gasteiger partial charge in [-0.15, -0.1) is 0 Å². The number of aromatic nitrogens is 4. The number of para-hydroxylation sites is 2. The largest absolute Gasteiger partial charge is 0.312 e. The van der Waals surface area contributed by atoms with E-state index in [2.05, 4.69) is 15.4 Å². The number of Topliss-reactive ketones (excluding diaryl/α,β-unsaturated/α-hetero) is 1. The molecule has 1 amide bonds. The molecule has 0 atom stereocenters. The van der Waals surface area contributed by atoms with Crippen LogP contribution in [0.25, 0.3) is 11.0 Å². The molecule has 0 unspecified atom stereocenters. The first-order valence-corrected chi connectivity index (χ1v) is 6.80. The minimum Gasteiger partial charge on any atom is -0.312 e. The Bertz CT molecular complexity index is 862. The van der Waals surface area contributed by atoms with E-state index in [-0.39, 0.29) is 24.1 Å². The van der Waals surface area contributed by atoms with Crippen molar-refractivity contribution in [2.24, 2.45) is 7.05 Å². The van der Waals surface area contributed by atoms with Crippen molar-refractivity contribution in [3.8, 4) is 0 Å². The van der Waals surface area contributed by atoms with Crippen LogP contribution in [0, 0.1) is 0 Å². The number of aryl methyl sites for hydroxylation is 1. The lowest BCUT2D eigenvalue weighted by molar-refractivity contribution is -0.116. The molecule has 1 N–H and O–H groups in total. The lowest BCUT2D eigenvalue weighted by atomic mass is 10.3. The molecular formula is C15H15N5O2. The van der Waals surface area contributed by atoms with E-state index >= 15 is 0 Å². The number of rotatable bonds is 4. The minimum absolute atomic E-state index is 0.0145. The summed E-state index contributed by atoms with van der Waals surface area (Å²) >= 11 is 0. The molecule has 0 spiro atoms. The molecule has 3 rings (SSSR count). The van der Waals surface area contributed by atoms with Gasteiger partial charge in [-0.25, -0.2) is 4.98 Å². The maximum Gasteiger partial charge on any atom is 0.245 e. The number of carbonyl (C=O) groups is 2. The molecule has 2 aromatic heterocycles. The summed E-state index contributed by atoms with van der Waals surface area (Å²) < 4.78 is 3.19. The van der Waals surface area contributed by atoms with Crippen molar-refractivity contribution < 1.29 is 9.59 Å². The van der Waals surface area contributed by atoms with Crippen molar-refractivity contribution in [1.82, 2.24) is 19.3 Å². The van der Waals surface area contributed by atoms with E-state index in [1.165, 1.54) is 6.92 Å². The summed E-state index contributed by atoms with van der Waals surface area (Å²) in [5.41, 5.74) is 1.45. The Hall–Kier alpha value is -2.96. The molecule has 0 saturated carbocycles. The van der Waals surface area contributed by atoms with Gasteiger partial charge in [-0.1, -0.05) is 12.1 Å². The number of fused-ring (bicyclic) bond motifs is 1. The highest BCUT2D eigenvalue weighted by atomic mass is 16.2. The maximum absolute atomic E-state index is 12.2. The van der Waals surface area contributed by atoms with Gasteiger partial charge < -0.3 is 9.88 Å². The Morgan fingerprint density at radius 1 is 1.23 bits per heavy atom. The van der Waals surface area contributed by atoms with Crippen LogP contribution >= 0.6 is 0 Å². The molecule has 0 aliphatic rings. The zero-order valence-corrected chi connectivity index (χ0v) is 12.3. The van der Waals surface area contributed by atoms with Crippen molar-refractivity contribution in [2.75, 3.05) is 5.32 Å². The first kappa shape index (κ1) is 14.0. The minimum atomic E-state index is -0.241. The quantitative estimate of drug-likeness (QED) is 0.742. The van der Waals surface area contributed by atoms with E-state index in [4.69, 9.17) is 0 Å². The number of carbonyl (C=O) groups excluding carboxylic acids is 2. The topological polar surface area (TPSA) is 81.8 Å². The Morgan fingerprint density at radius 2 is 2.00 bits per heavy atom. The van der Waals surface area contributed by atoms with E-state index in [9.17, 15) is 9.59 Å². The third-order valence-corrected chi connectivity index (χ3v) is 3.36. The summed E-state index contributed by atoms with van der Waals surface area (Å²) in [5.74, 6) is 0.457. The lowest BCUT2D eigenvalue weighted by Gasteiger charge is -2.08. The van der Waals surface area contributed by atoms with Gasteiger partial charge in [-0.05, 0) is 12.1 Å². The second kappa shape index (κ2) is 5.44. The number of amides is 1. The van der Waals surface area contributed by atoms with Crippen LogP contribution in [-0.2, 0) is 18.4 Å². The Morgan fingerprint density at radius 3 is 2.68 bits per heavy atom. The number of anilines is 1. The predicted molar refractivity (Wildman–Crippen MR) is 81.6 cm³/mol. The molecule has 2 heterocycles. The average Bonchev–Trinajstić information content (AvgIpc) is 3.04. The van der Waals surface area contributed by atoms with E-state index in [0.29, 0.717) is 11.3 Å². The standard InChI is InChI=1S/C15H15N5O2/c1-10(21)15-17-11-5-3-4-6-12(11)20(15)9-14(22)18-13-7-8-16-19(13)2/h3-8H,9H2,1-2H3,(H,18,22). The fourth-order valence-corrected chi connectivity index (χ4v) is 2.33. The van der Waals surface area contributed by atoms with Crippen molar-refractivity contribution in [2.45, 2.75) is 13.5 Å². The molecule has 7 heteroatoms. The number of hydrogen-bond acceptors (Lipinski definition) is 4. The van der Waals surface area contributed by atoms with Crippen LogP contribution in [0.1, 0.15) is 17.5 Å². The molecule has 112 valence electrons. The van der Waals surface area contributed by atoms with Crippen LogP contribution in [-0.4, -0.2) is 31.0 Å².